The molecule has 6 heteroatoms. The topological polar surface area (TPSA) is 70.8 Å². The molecule has 3 N–H and O–H groups in total. The molecule has 4 rings (SSSR count). The molecule has 0 bridgehead atoms. The largest absolute Gasteiger partial charge is 0.327 e. The summed E-state index contributed by atoms with van der Waals surface area (Å²) in [7, 11) is 0. The summed E-state index contributed by atoms with van der Waals surface area (Å²) in [6.45, 7) is 6.19. The Morgan fingerprint density at radius 1 is 1.22 bits per heavy atom. The molecule has 1 aliphatic heterocycles. The van der Waals surface area contributed by atoms with E-state index in [4.69, 9.17) is 5.84 Å². The number of hydrogen-bond donors (Lipinski definition) is 2. The van der Waals surface area contributed by atoms with E-state index in [0.29, 0.717) is 0 Å². The van der Waals surface area contributed by atoms with Crippen LogP contribution in [0, 0.1) is 0 Å². The smallest absolute Gasteiger partial charge is 0.171 e. The van der Waals surface area contributed by atoms with Crippen LogP contribution in [0.25, 0.3) is 27.4 Å². The van der Waals surface area contributed by atoms with Gasteiger partial charge in [0.1, 0.15) is 6.33 Å². The van der Waals surface area contributed by atoms with Gasteiger partial charge in [-0.2, -0.15) is 0 Å². The minimum Gasteiger partial charge on any atom is -0.327 e. The Kier molecular flexibility index (Phi) is 4.58. The first-order valence-corrected chi connectivity index (χ1v) is 9.32. The van der Waals surface area contributed by atoms with Crippen LogP contribution in [0.3, 0.4) is 0 Å². The van der Waals surface area contributed by atoms with Crippen LogP contribution < -0.4 is 5.84 Å². The number of H-pyrrole nitrogens is 1. The van der Waals surface area contributed by atoms with E-state index in [1.54, 1.807) is 22.7 Å². The average Bonchev–Trinajstić information content (AvgIpc) is 3.34. The Balaban J connectivity index is 1.94. The number of nitrogens with zero attached hydrogens (tertiary/aromatic N) is 3. The summed E-state index contributed by atoms with van der Waals surface area (Å²) in [5.74, 6) is 6.93. The van der Waals surface area contributed by atoms with Gasteiger partial charge in [-0.15, -0.1) is 21.5 Å². The number of benzene rings is 1. The highest BCUT2D eigenvalue weighted by Gasteiger charge is 2.20. The number of rotatable bonds is 4. The molecule has 3 heterocycles. The number of nitrogens with one attached hydrogen (secondary N) is 1. The van der Waals surface area contributed by atoms with Gasteiger partial charge in [-0.25, -0.2) is 5.84 Å². The first-order valence-electron chi connectivity index (χ1n) is 8.50. The molecule has 0 spiro atoms. The zero-order valence-electron chi connectivity index (χ0n) is 14.9. The number of aromatic amines is 1. The van der Waals surface area contributed by atoms with Gasteiger partial charge in [0, 0.05) is 22.2 Å². The van der Waals surface area contributed by atoms with Crippen LogP contribution in [0.15, 0.2) is 85.0 Å². The average molecular weight is 373 g/mol. The van der Waals surface area contributed by atoms with Gasteiger partial charge in [-0.05, 0) is 36.3 Å². The SMILES string of the molecule is C=C(C)/C(=C1/C=CC=CN1N)c1cc(-c2ccccc2)c(-c2nnc[nH]2)s1. The third kappa shape index (κ3) is 3.28. The predicted octanol–water partition coefficient (Wildman–Crippen LogP) is 4.75. The van der Waals surface area contributed by atoms with Crippen molar-refractivity contribution in [2.45, 2.75) is 6.92 Å². The van der Waals surface area contributed by atoms with Crippen molar-refractivity contribution >= 4 is 16.9 Å². The van der Waals surface area contributed by atoms with E-state index in [2.05, 4.69) is 40.0 Å². The lowest BCUT2D eigenvalue weighted by atomic mass is 10.0. The lowest BCUT2D eigenvalue weighted by molar-refractivity contribution is 0.507. The van der Waals surface area contributed by atoms with Crippen molar-refractivity contribution in [3.05, 3.63) is 89.9 Å². The summed E-state index contributed by atoms with van der Waals surface area (Å²) in [5.41, 5.74) is 5.11. The first kappa shape index (κ1) is 17.2. The molecule has 1 aromatic carbocycles. The predicted molar refractivity (Wildman–Crippen MR) is 111 cm³/mol. The molecule has 0 atom stereocenters. The van der Waals surface area contributed by atoms with Gasteiger partial charge >= 0.3 is 0 Å². The Labute approximate surface area is 161 Å². The van der Waals surface area contributed by atoms with Crippen LogP contribution in [0.5, 0.6) is 0 Å². The zero-order valence-corrected chi connectivity index (χ0v) is 15.7. The van der Waals surface area contributed by atoms with E-state index in [1.165, 1.54) is 0 Å². The molecular weight excluding hydrogens is 354 g/mol. The fourth-order valence-corrected chi connectivity index (χ4v) is 4.32. The van der Waals surface area contributed by atoms with E-state index in [1.807, 2.05) is 49.6 Å². The molecular formula is C21H19N5S. The van der Waals surface area contributed by atoms with Crippen LogP contribution in [0.2, 0.25) is 0 Å². The zero-order chi connectivity index (χ0) is 18.8. The summed E-state index contributed by atoms with van der Waals surface area (Å²) < 4.78 is 0. The highest BCUT2D eigenvalue weighted by Crippen LogP contribution is 2.43. The first-order chi connectivity index (χ1) is 13.1. The molecule has 3 aromatic rings. The number of hydrazine groups is 1. The van der Waals surface area contributed by atoms with Gasteiger partial charge in [0.25, 0.3) is 0 Å². The molecule has 5 nitrogen and oxygen atoms in total. The number of aromatic nitrogens is 3. The van der Waals surface area contributed by atoms with Gasteiger partial charge < -0.3 is 4.98 Å². The highest BCUT2D eigenvalue weighted by molar-refractivity contribution is 7.17. The van der Waals surface area contributed by atoms with Gasteiger partial charge in [0.15, 0.2) is 5.82 Å². The number of thiophene rings is 1. The van der Waals surface area contributed by atoms with E-state index in [0.717, 1.165) is 43.5 Å². The quantitative estimate of drug-likeness (QED) is 0.648. The summed E-state index contributed by atoms with van der Waals surface area (Å²) in [6, 6.07) is 12.4. The Hall–Kier alpha value is -3.22. The summed E-state index contributed by atoms with van der Waals surface area (Å²) in [6.07, 6.45) is 9.31. The second kappa shape index (κ2) is 7.19. The Morgan fingerprint density at radius 2 is 2.04 bits per heavy atom. The van der Waals surface area contributed by atoms with Crippen molar-refractivity contribution < 1.29 is 0 Å². The lowest BCUT2D eigenvalue weighted by Crippen LogP contribution is -2.25. The molecule has 2 aromatic heterocycles. The second-order valence-electron chi connectivity index (χ2n) is 6.21. The molecule has 27 heavy (non-hydrogen) atoms. The van der Waals surface area contributed by atoms with Gasteiger partial charge in [0.05, 0.1) is 10.6 Å². The normalized spacial score (nSPS) is 15.3. The van der Waals surface area contributed by atoms with Crippen molar-refractivity contribution in [1.29, 1.82) is 0 Å². The molecule has 0 fully saturated rings. The Morgan fingerprint density at radius 3 is 2.70 bits per heavy atom. The summed E-state index contributed by atoms with van der Waals surface area (Å²) in [4.78, 5) is 5.24. The van der Waals surface area contributed by atoms with Crippen LogP contribution in [0.1, 0.15) is 11.8 Å². The van der Waals surface area contributed by atoms with Crippen molar-refractivity contribution in [2.75, 3.05) is 0 Å². The molecule has 0 saturated heterocycles. The summed E-state index contributed by atoms with van der Waals surface area (Å²) >= 11 is 1.65. The van der Waals surface area contributed by atoms with E-state index in [-0.39, 0.29) is 0 Å². The third-order valence-electron chi connectivity index (χ3n) is 4.27. The fourth-order valence-electron chi connectivity index (χ4n) is 3.06. The molecule has 0 radical (unpaired) electrons. The standard InChI is InChI=1S/C21H19N5S/c1-14(2)19(17-10-6-7-11-26(17)22)18-12-16(15-8-4-3-5-9-15)20(27-18)21-23-13-24-25-21/h3-13H,1,22H2,2H3,(H,23,24,25)/b19-17+. The van der Waals surface area contributed by atoms with E-state index >= 15 is 0 Å². The molecule has 0 saturated carbocycles. The van der Waals surface area contributed by atoms with Crippen LogP contribution >= 0.6 is 11.3 Å². The number of hydrogen-bond acceptors (Lipinski definition) is 5. The van der Waals surface area contributed by atoms with Gasteiger partial charge in [0.2, 0.25) is 0 Å². The molecule has 0 unspecified atom stereocenters. The van der Waals surface area contributed by atoms with Crippen molar-refractivity contribution in [3.63, 3.8) is 0 Å². The van der Waals surface area contributed by atoms with Gasteiger partial charge in [-0.1, -0.05) is 43.0 Å². The van der Waals surface area contributed by atoms with Crippen molar-refractivity contribution in [3.8, 4) is 21.8 Å². The minimum atomic E-state index is 0.750. The van der Waals surface area contributed by atoms with Crippen LogP contribution in [-0.2, 0) is 0 Å². The van der Waals surface area contributed by atoms with E-state index < -0.39 is 0 Å². The second-order valence-corrected chi connectivity index (χ2v) is 7.26. The van der Waals surface area contributed by atoms with Crippen molar-refractivity contribution in [1.82, 2.24) is 20.2 Å². The Bertz CT molecular complexity index is 1060. The third-order valence-corrected chi connectivity index (χ3v) is 5.43. The summed E-state index contributed by atoms with van der Waals surface area (Å²) in [5, 5.41) is 9.80. The maximum atomic E-state index is 6.18. The highest BCUT2D eigenvalue weighted by atomic mass is 32.1. The van der Waals surface area contributed by atoms with Crippen molar-refractivity contribution in [2.24, 2.45) is 5.84 Å². The van der Waals surface area contributed by atoms with Crippen LogP contribution in [-0.4, -0.2) is 20.2 Å². The molecule has 0 amide bonds. The maximum Gasteiger partial charge on any atom is 0.171 e. The minimum absolute atomic E-state index is 0.750. The monoisotopic (exact) mass is 373 g/mol. The number of allylic oxidation sites excluding steroid dienone is 5. The lowest BCUT2D eigenvalue weighted by Gasteiger charge is -2.21. The number of nitrogens with two attached hydrogens (primary N) is 1. The van der Waals surface area contributed by atoms with E-state index in [9.17, 15) is 0 Å². The fraction of sp³-hybridized carbons (Fsp3) is 0.0476. The molecule has 0 aliphatic carbocycles. The van der Waals surface area contributed by atoms with Gasteiger partial charge in [-0.3, -0.25) is 5.01 Å². The molecule has 1 aliphatic rings. The maximum absolute atomic E-state index is 6.18. The molecule has 134 valence electrons. The van der Waals surface area contributed by atoms with Crippen LogP contribution in [0.4, 0.5) is 0 Å².